The molecular weight excluding hydrogens is 366 g/mol. The smallest absolute Gasteiger partial charge is 0.251 e. The molecule has 0 radical (unpaired) electrons. The third kappa shape index (κ3) is 3.42. The first-order valence-corrected chi connectivity index (χ1v) is 9.96. The van der Waals surface area contributed by atoms with E-state index in [2.05, 4.69) is 25.4 Å². The van der Waals surface area contributed by atoms with Gasteiger partial charge in [-0.05, 0) is 38.3 Å². The molecule has 9 heteroatoms. The number of hydrogen-bond acceptors (Lipinski definition) is 8. The maximum absolute atomic E-state index is 12.6. The van der Waals surface area contributed by atoms with Gasteiger partial charge in [0.2, 0.25) is 5.13 Å². The molecule has 2 aromatic rings. The van der Waals surface area contributed by atoms with Crippen molar-refractivity contribution in [1.29, 1.82) is 0 Å². The van der Waals surface area contributed by atoms with Gasteiger partial charge >= 0.3 is 0 Å². The second-order valence-corrected chi connectivity index (χ2v) is 8.19. The standard InChI is InChI=1S/C18H23N5O3S/c1-17(21-14(24)13-2-7-19-8-3-13)6-11-26-18(15(17)25)4-9-23(10-5-18)16-22-20-12-27-16/h2-3,7-8,12,15,25H,4-6,9-11H2,1H3,(H,21,24)/t15-,17+/m1/s1. The van der Waals surface area contributed by atoms with E-state index >= 15 is 0 Å². The van der Waals surface area contributed by atoms with Crippen LogP contribution in [0.3, 0.4) is 0 Å². The van der Waals surface area contributed by atoms with Gasteiger partial charge in [-0.3, -0.25) is 9.78 Å². The maximum atomic E-state index is 12.6. The van der Waals surface area contributed by atoms with Crippen LogP contribution in [0.4, 0.5) is 5.13 Å². The predicted octanol–water partition coefficient (Wildman–Crippen LogP) is 1.24. The van der Waals surface area contributed by atoms with Crippen LogP contribution in [0.1, 0.15) is 36.5 Å². The van der Waals surface area contributed by atoms with Gasteiger partial charge < -0.3 is 20.1 Å². The highest BCUT2D eigenvalue weighted by Crippen LogP contribution is 2.40. The van der Waals surface area contributed by atoms with Gasteiger partial charge in [-0.1, -0.05) is 11.3 Å². The second kappa shape index (κ2) is 7.14. The number of nitrogens with zero attached hydrogens (tertiary/aromatic N) is 4. The minimum Gasteiger partial charge on any atom is -0.388 e. The van der Waals surface area contributed by atoms with Gasteiger partial charge in [-0.2, -0.15) is 0 Å². The Morgan fingerprint density at radius 2 is 2.07 bits per heavy atom. The second-order valence-electron chi connectivity index (χ2n) is 7.38. The number of hydrogen-bond donors (Lipinski definition) is 2. The van der Waals surface area contributed by atoms with E-state index in [-0.39, 0.29) is 5.91 Å². The molecule has 1 amide bonds. The topological polar surface area (TPSA) is 100 Å². The summed E-state index contributed by atoms with van der Waals surface area (Å²) in [5.74, 6) is -0.206. The average Bonchev–Trinajstić information content (AvgIpc) is 3.22. The third-order valence-corrected chi connectivity index (χ3v) is 6.43. The zero-order valence-electron chi connectivity index (χ0n) is 15.2. The van der Waals surface area contributed by atoms with Gasteiger partial charge in [0.15, 0.2) is 0 Å². The lowest BCUT2D eigenvalue weighted by molar-refractivity contribution is -0.195. The highest BCUT2D eigenvalue weighted by atomic mass is 32.1. The number of carbonyl (C=O) groups is 1. The quantitative estimate of drug-likeness (QED) is 0.815. The number of piperidine rings is 1. The van der Waals surface area contributed by atoms with Gasteiger partial charge in [0.05, 0.1) is 11.1 Å². The fourth-order valence-electron chi connectivity index (χ4n) is 4.03. The van der Waals surface area contributed by atoms with E-state index < -0.39 is 17.2 Å². The zero-order valence-corrected chi connectivity index (χ0v) is 16.0. The summed E-state index contributed by atoms with van der Waals surface area (Å²) in [6.45, 7) is 3.88. The minimum atomic E-state index is -0.791. The number of pyridine rings is 1. The number of aliphatic hydroxyl groups is 1. The Hall–Kier alpha value is -2.10. The Balaban J connectivity index is 1.47. The summed E-state index contributed by atoms with van der Waals surface area (Å²) in [5.41, 5.74) is 0.852. The van der Waals surface area contributed by atoms with Gasteiger partial charge in [0, 0.05) is 37.7 Å². The summed E-state index contributed by atoms with van der Waals surface area (Å²) in [5, 5.41) is 23.2. The highest BCUT2D eigenvalue weighted by molar-refractivity contribution is 7.13. The van der Waals surface area contributed by atoms with Crippen LogP contribution in [0.15, 0.2) is 30.0 Å². The molecule has 4 rings (SSSR count). The lowest BCUT2D eigenvalue weighted by atomic mass is 9.73. The molecule has 2 fully saturated rings. The van der Waals surface area contributed by atoms with Gasteiger partial charge in [-0.25, -0.2) is 0 Å². The summed E-state index contributed by atoms with van der Waals surface area (Å²) in [7, 11) is 0. The molecule has 0 bridgehead atoms. The van der Waals surface area contributed by atoms with Crippen LogP contribution in [0, 0.1) is 0 Å². The van der Waals surface area contributed by atoms with Crippen molar-refractivity contribution in [2.45, 2.75) is 43.4 Å². The number of carbonyl (C=O) groups excluding carboxylic acids is 1. The van der Waals surface area contributed by atoms with Crippen molar-refractivity contribution in [2.24, 2.45) is 0 Å². The molecule has 0 saturated carbocycles. The van der Waals surface area contributed by atoms with E-state index in [0.717, 1.165) is 18.2 Å². The van der Waals surface area contributed by atoms with Crippen molar-refractivity contribution in [3.63, 3.8) is 0 Å². The number of anilines is 1. The Bertz CT molecular complexity index is 780. The molecule has 0 aromatic carbocycles. The first kappa shape index (κ1) is 18.3. The Labute approximate surface area is 161 Å². The molecular formula is C18H23N5O3S. The molecule has 2 aliphatic heterocycles. The van der Waals surface area contributed by atoms with Crippen LogP contribution >= 0.6 is 11.3 Å². The van der Waals surface area contributed by atoms with Gasteiger partial charge in [0.1, 0.15) is 11.6 Å². The molecule has 2 aliphatic rings. The van der Waals surface area contributed by atoms with Crippen LogP contribution in [0.5, 0.6) is 0 Å². The van der Waals surface area contributed by atoms with E-state index in [1.54, 1.807) is 30.0 Å². The minimum absolute atomic E-state index is 0.206. The first-order chi connectivity index (χ1) is 13.0. The maximum Gasteiger partial charge on any atom is 0.251 e. The number of nitrogens with one attached hydrogen (secondary N) is 1. The molecule has 27 heavy (non-hydrogen) atoms. The number of rotatable bonds is 3. The SMILES string of the molecule is C[C@]1(NC(=O)c2ccncc2)CCOC2(CCN(c3nncs3)CC2)[C@@H]1O. The summed E-state index contributed by atoms with van der Waals surface area (Å²) in [4.78, 5) is 18.7. The molecule has 2 atom stereocenters. The number of ether oxygens (including phenoxy) is 1. The summed E-state index contributed by atoms with van der Waals surface area (Å²) in [6, 6.07) is 3.33. The number of aliphatic hydroxyl groups excluding tert-OH is 1. The third-order valence-electron chi connectivity index (χ3n) is 5.68. The lowest BCUT2D eigenvalue weighted by Gasteiger charge is -2.53. The average molecular weight is 389 g/mol. The molecule has 0 aliphatic carbocycles. The fraction of sp³-hybridized carbons (Fsp3) is 0.556. The largest absolute Gasteiger partial charge is 0.388 e. The normalized spacial score (nSPS) is 27.5. The van der Waals surface area contributed by atoms with E-state index in [9.17, 15) is 9.90 Å². The number of aromatic nitrogens is 3. The first-order valence-electron chi connectivity index (χ1n) is 9.08. The molecule has 8 nitrogen and oxygen atoms in total. The van der Waals surface area contributed by atoms with Crippen LogP contribution < -0.4 is 10.2 Å². The summed E-state index contributed by atoms with van der Waals surface area (Å²) in [6.07, 6.45) is 4.29. The molecule has 1 spiro atoms. The predicted molar refractivity (Wildman–Crippen MR) is 101 cm³/mol. The van der Waals surface area contributed by atoms with Crippen molar-refractivity contribution >= 4 is 22.4 Å². The lowest BCUT2D eigenvalue weighted by Crippen LogP contribution is -2.69. The molecule has 0 unspecified atom stereocenters. The van der Waals surface area contributed by atoms with Crippen molar-refractivity contribution in [3.05, 3.63) is 35.6 Å². The molecule has 2 saturated heterocycles. The number of amides is 1. The Morgan fingerprint density at radius 3 is 2.74 bits per heavy atom. The van der Waals surface area contributed by atoms with Crippen LogP contribution in [-0.4, -0.2) is 63.1 Å². The fourth-order valence-corrected chi connectivity index (χ4v) is 4.64. The monoisotopic (exact) mass is 389 g/mol. The molecule has 2 aromatic heterocycles. The summed E-state index contributed by atoms with van der Waals surface area (Å²) < 4.78 is 6.10. The van der Waals surface area contributed by atoms with Crippen LogP contribution in [0.25, 0.3) is 0 Å². The van der Waals surface area contributed by atoms with E-state index in [0.29, 0.717) is 31.4 Å². The van der Waals surface area contributed by atoms with E-state index in [1.807, 2.05) is 6.92 Å². The van der Waals surface area contributed by atoms with Crippen LogP contribution in [-0.2, 0) is 4.74 Å². The molecule has 2 N–H and O–H groups in total. The van der Waals surface area contributed by atoms with Gasteiger partial charge in [-0.15, -0.1) is 10.2 Å². The Morgan fingerprint density at radius 1 is 1.33 bits per heavy atom. The van der Waals surface area contributed by atoms with E-state index in [4.69, 9.17) is 4.74 Å². The highest BCUT2D eigenvalue weighted by Gasteiger charge is 2.54. The summed E-state index contributed by atoms with van der Waals surface area (Å²) >= 11 is 1.51. The van der Waals surface area contributed by atoms with Crippen molar-refractivity contribution in [1.82, 2.24) is 20.5 Å². The van der Waals surface area contributed by atoms with E-state index in [1.165, 1.54) is 11.3 Å². The zero-order chi connectivity index (χ0) is 18.9. The van der Waals surface area contributed by atoms with Crippen molar-refractivity contribution in [3.8, 4) is 0 Å². The van der Waals surface area contributed by atoms with Crippen molar-refractivity contribution in [2.75, 3.05) is 24.6 Å². The van der Waals surface area contributed by atoms with Crippen molar-refractivity contribution < 1.29 is 14.6 Å². The van der Waals surface area contributed by atoms with Crippen LogP contribution in [0.2, 0.25) is 0 Å². The molecule has 4 heterocycles. The Kier molecular flexibility index (Phi) is 4.83. The van der Waals surface area contributed by atoms with Gasteiger partial charge in [0.25, 0.3) is 5.91 Å². The molecule has 144 valence electrons.